The summed E-state index contributed by atoms with van der Waals surface area (Å²) < 4.78 is 0.791. The Morgan fingerprint density at radius 2 is 1.82 bits per heavy atom. The third-order valence-corrected chi connectivity index (χ3v) is 3.41. The van der Waals surface area contributed by atoms with E-state index in [1.54, 1.807) is 36.4 Å². The lowest BCUT2D eigenvalue weighted by atomic mass is 10.0. The maximum atomic E-state index is 12.2. The van der Waals surface area contributed by atoms with Crippen LogP contribution in [0.5, 0.6) is 5.75 Å². The van der Waals surface area contributed by atoms with Gasteiger partial charge in [0.25, 0.3) is 0 Å². The predicted molar refractivity (Wildman–Crippen MR) is 70.4 cm³/mol. The van der Waals surface area contributed by atoms with Gasteiger partial charge in [0.05, 0.1) is 5.56 Å². The first-order valence-corrected chi connectivity index (χ1v) is 5.98. The molecule has 0 bridgehead atoms. The van der Waals surface area contributed by atoms with Crippen molar-refractivity contribution in [3.63, 3.8) is 0 Å². The van der Waals surface area contributed by atoms with Crippen molar-refractivity contribution in [2.75, 3.05) is 0 Å². The number of ketones is 1. The summed E-state index contributed by atoms with van der Waals surface area (Å²) in [5.41, 5.74) is 1.82. The molecule has 2 nitrogen and oxygen atoms in total. The van der Waals surface area contributed by atoms with Crippen molar-refractivity contribution < 1.29 is 9.90 Å². The van der Waals surface area contributed by atoms with Crippen molar-refractivity contribution in [3.05, 3.63) is 63.6 Å². The van der Waals surface area contributed by atoms with E-state index in [0.29, 0.717) is 11.1 Å². The Labute approximate surface area is 108 Å². The van der Waals surface area contributed by atoms with E-state index in [9.17, 15) is 9.90 Å². The van der Waals surface area contributed by atoms with Crippen molar-refractivity contribution in [3.8, 4) is 5.75 Å². The molecular weight excluding hydrogens is 280 g/mol. The van der Waals surface area contributed by atoms with Crippen LogP contribution in [0, 0.1) is 6.92 Å². The summed E-state index contributed by atoms with van der Waals surface area (Å²) in [4.78, 5) is 12.2. The van der Waals surface area contributed by atoms with Gasteiger partial charge in [0.2, 0.25) is 0 Å². The summed E-state index contributed by atoms with van der Waals surface area (Å²) >= 11 is 3.31. The topological polar surface area (TPSA) is 37.3 Å². The van der Waals surface area contributed by atoms with E-state index in [-0.39, 0.29) is 11.5 Å². The molecule has 86 valence electrons. The second-order valence-electron chi connectivity index (χ2n) is 3.81. The lowest BCUT2D eigenvalue weighted by Crippen LogP contribution is -2.02. The number of carbonyl (C=O) groups is 1. The van der Waals surface area contributed by atoms with Gasteiger partial charge in [-0.2, -0.15) is 0 Å². The summed E-state index contributed by atoms with van der Waals surface area (Å²) in [6, 6.07) is 12.2. The number of aromatic hydroxyl groups is 1. The van der Waals surface area contributed by atoms with Gasteiger partial charge in [-0.1, -0.05) is 46.3 Å². The molecule has 0 aliphatic heterocycles. The van der Waals surface area contributed by atoms with Crippen LogP contribution in [0.2, 0.25) is 0 Å². The Kier molecular flexibility index (Phi) is 3.29. The fourth-order valence-corrected chi connectivity index (χ4v) is 1.93. The number of halogens is 1. The summed E-state index contributed by atoms with van der Waals surface area (Å²) in [6.07, 6.45) is 0. The van der Waals surface area contributed by atoms with Gasteiger partial charge in [0.1, 0.15) is 5.75 Å². The summed E-state index contributed by atoms with van der Waals surface area (Å²) in [7, 11) is 0. The molecule has 3 heteroatoms. The van der Waals surface area contributed by atoms with Crippen LogP contribution >= 0.6 is 15.9 Å². The maximum Gasteiger partial charge on any atom is 0.196 e. The Bertz CT molecular complexity index is 562. The molecule has 0 amide bonds. The highest BCUT2D eigenvalue weighted by atomic mass is 79.9. The van der Waals surface area contributed by atoms with Crippen LogP contribution < -0.4 is 0 Å². The smallest absolute Gasteiger partial charge is 0.196 e. The highest BCUT2D eigenvalue weighted by Gasteiger charge is 2.14. The highest BCUT2D eigenvalue weighted by Crippen LogP contribution is 2.27. The number of carbonyl (C=O) groups excluding carboxylic acids is 1. The molecule has 0 atom stereocenters. The van der Waals surface area contributed by atoms with E-state index in [1.165, 1.54) is 0 Å². The molecule has 0 heterocycles. The number of phenolic OH excluding ortho intramolecular Hbond substituents is 1. The third-order valence-electron chi connectivity index (χ3n) is 2.56. The zero-order chi connectivity index (χ0) is 12.4. The third kappa shape index (κ3) is 2.39. The van der Waals surface area contributed by atoms with Crippen LogP contribution in [0.3, 0.4) is 0 Å². The zero-order valence-electron chi connectivity index (χ0n) is 9.27. The van der Waals surface area contributed by atoms with Gasteiger partial charge in [0.15, 0.2) is 5.78 Å². The van der Waals surface area contributed by atoms with Gasteiger partial charge >= 0.3 is 0 Å². The van der Waals surface area contributed by atoms with Crippen molar-refractivity contribution in [1.82, 2.24) is 0 Å². The van der Waals surface area contributed by atoms with Crippen LogP contribution in [0.25, 0.3) is 0 Å². The number of rotatable bonds is 2. The summed E-state index contributed by atoms with van der Waals surface area (Å²) in [6.45, 7) is 1.88. The Morgan fingerprint density at radius 1 is 1.18 bits per heavy atom. The molecule has 0 radical (unpaired) electrons. The Morgan fingerprint density at radius 3 is 2.47 bits per heavy atom. The molecule has 2 aromatic rings. The van der Waals surface area contributed by atoms with E-state index in [1.807, 2.05) is 13.0 Å². The average Bonchev–Trinajstić information content (AvgIpc) is 2.34. The van der Waals surface area contributed by atoms with Gasteiger partial charge in [-0.15, -0.1) is 0 Å². The minimum Gasteiger partial charge on any atom is -0.507 e. The zero-order valence-corrected chi connectivity index (χ0v) is 10.9. The molecule has 2 aromatic carbocycles. The molecular formula is C14H11BrO2. The van der Waals surface area contributed by atoms with Gasteiger partial charge in [-0.3, -0.25) is 4.79 Å². The number of benzene rings is 2. The normalized spacial score (nSPS) is 10.2. The number of phenols is 1. The lowest BCUT2D eigenvalue weighted by molar-refractivity contribution is 0.103. The largest absolute Gasteiger partial charge is 0.507 e. The van der Waals surface area contributed by atoms with Gasteiger partial charge < -0.3 is 5.11 Å². The first-order valence-electron chi connectivity index (χ1n) is 5.18. The molecule has 1 N–H and O–H groups in total. The standard InChI is InChI=1S/C14H11BrO2/c1-9-7-11(13(16)8-12(9)15)14(17)10-5-3-2-4-6-10/h2-8,16H,1H3. The Balaban J connectivity index is 2.48. The fraction of sp³-hybridized carbons (Fsp3) is 0.0714. The van der Waals surface area contributed by atoms with Gasteiger partial charge in [0, 0.05) is 10.0 Å². The van der Waals surface area contributed by atoms with E-state index in [2.05, 4.69) is 15.9 Å². The summed E-state index contributed by atoms with van der Waals surface area (Å²) in [5.74, 6) is -0.171. The minimum atomic E-state index is -0.168. The molecule has 2 rings (SSSR count). The second kappa shape index (κ2) is 4.72. The first kappa shape index (κ1) is 11.9. The maximum absolute atomic E-state index is 12.2. The Hall–Kier alpha value is -1.61. The monoisotopic (exact) mass is 290 g/mol. The molecule has 0 fully saturated rings. The molecule has 0 aromatic heterocycles. The SMILES string of the molecule is Cc1cc(C(=O)c2ccccc2)c(O)cc1Br. The van der Waals surface area contributed by atoms with E-state index in [0.717, 1.165) is 10.0 Å². The lowest BCUT2D eigenvalue weighted by Gasteiger charge is -2.06. The van der Waals surface area contributed by atoms with E-state index >= 15 is 0 Å². The minimum absolute atomic E-state index is 0.00340. The number of aryl methyl sites for hydroxylation is 1. The molecule has 0 saturated heterocycles. The van der Waals surface area contributed by atoms with E-state index in [4.69, 9.17) is 0 Å². The number of hydrogen-bond acceptors (Lipinski definition) is 2. The van der Waals surface area contributed by atoms with Gasteiger partial charge in [-0.25, -0.2) is 0 Å². The predicted octanol–water partition coefficient (Wildman–Crippen LogP) is 3.69. The molecule has 0 saturated carbocycles. The molecule has 0 unspecified atom stereocenters. The van der Waals surface area contributed by atoms with Crippen LogP contribution in [-0.2, 0) is 0 Å². The van der Waals surface area contributed by atoms with Crippen molar-refractivity contribution >= 4 is 21.7 Å². The second-order valence-corrected chi connectivity index (χ2v) is 4.67. The summed E-state index contributed by atoms with van der Waals surface area (Å²) in [5, 5.41) is 9.80. The quantitative estimate of drug-likeness (QED) is 0.857. The number of hydrogen-bond donors (Lipinski definition) is 1. The van der Waals surface area contributed by atoms with E-state index < -0.39 is 0 Å². The van der Waals surface area contributed by atoms with Crippen LogP contribution in [0.1, 0.15) is 21.5 Å². The van der Waals surface area contributed by atoms with Crippen LogP contribution in [0.4, 0.5) is 0 Å². The fourth-order valence-electron chi connectivity index (χ4n) is 1.60. The average molecular weight is 291 g/mol. The molecule has 17 heavy (non-hydrogen) atoms. The van der Waals surface area contributed by atoms with Crippen molar-refractivity contribution in [2.24, 2.45) is 0 Å². The first-order chi connectivity index (χ1) is 8.09. The van der Waals surface area contributed by atoms with Gasteiger partial charge in [-0.05, 0) is 24.6 Å². The van der Waals surface area contributed by atoms with Crippen molar-refractivity contribution in [1.29, 1.82) is 0 Å². The van der Waals surface area contributed by atoms with Crippen molar-refractivity contribution in [2.45, 2.75) is 6.92 Å². The molecule has 0 spiro atoms. The van der Waals surface area contributed by atoms with Crippen LogP contribution in [0.15, 0.2) is 46.9 Å². The molecule has 0 aliphatic carbocycles. The van der Waals surface area contributed by atoms with Crippen LogP contribution in [-0.4, -0.2) is 10.9 Å². The highest BCUT2D eigenvalue weighted by molar-refractivity contribution is 9.10. The molecule has 0 aliphatic rings.